The van der Waals surface area contributed by atoms with Crippen LogP contribution in [-0.2, 0) is 4.79 Å². The Labute approximate surface area is 152 Å². The predicted molar refractivity (Wildman–Crippen MR) is 97.6 cm³/mol. The van der Waals surface area contributed by atoms with Gasteiger partial charge < -0.3 is 14.1 Å². The zero-order valence-corrected chi connectivity index (χ0v) is 15.5. The summed E-state index contributed by atoms with van der Waals surface area (Å²) < 4.78 is 11.0. The summed E-state index contributed by atoms with van der Waals surface area (Å²) in [6, 6.07) is 5.23. The number of nitrogens with zero attached hydrogens (tertiary/aromatic N) is 2. The number of hydrogen-bond donors (Lipinski definition) is 0. The van der Waals surface area contributed by atoms with Gasteiger partial charge in [0.1, 0.15) is 5.52 Å². The number of halogens is 1. The average Bonchev–Trinajstić information content (AvgIpc) is 2.95. The molecule has 2 aromatic rings. The standard InChI is InChI=1S/C19H23ClN2O3/c1-12(2)22(15-6-4-5-13(3)9-15)18(23)11-24-19-21-16-10-14(20)7-8-17(16)25-19/h6-8,10,12-13H,4-5,9,11H2,1-3H3. The Morgan fingerprint density at radius 2 is 2.28 bits per heavy atom. The van der Waals surface area contributed by atoms with Gasteiger partial charge in [0, 0.05) is 16.8 Å². The van der Waals surface area contributed by atoms with Crippen LogP contribution >= 0.6 is 11.6 Å². The number of allylic oxidation sites excluding steroid dienone is 2. The van der Waals surface area contributed by atoms with Crippen molar-refractivity contribution in [3.05, 3.63) is 35.0 Å². The van der Waals surface area contributed by atoms with E-state index < -0.39 is 0 Å². The van der Waals surface area contributed by atoms with E-state index in [-0.39, 0.29) is 24.6 Å². The fourth-order valence-electron chi connectivity index (χ4n) is 3.19. The number of rotatable bonds is 5. The molecule has 0 fully saturated rings. The molecule has 1 atom stereocenters. The molecule has 0 aliphatic heterocycles. The number of hydrogen-bond acceptors (Lipinski definition) is 4. The number of amides is 1. The molecule has 5 nitrogen and oxygen atoms in total. The highest BCUT2D eigenvalue weighted by molar-refractivity contribution is 6.31. The monoisotopic (exact) mass is 362 g/mol. The summed E-state index contributed by atoms with van der Waals surface area (Å²) in [6.45, 7) is 6.14. The molecule has 0 spiro atoms. The van der Waals surface area contributed by atoms with Crippen LogP contribution in [0.4, 0.5) is 0 Å². The molecule has 3 rings (SSSR count). The minimum Gasteiger partial charge on any atom is -0.440 e. The Kier molecular flexibility index (Phi) is 5.33. The molecule has 1 unspecified atom stereocenters. The summed E-state index contributed by atoms with van der Waals surface area (Å²) in [5, 5.41) is 0.577. The molecule has 25 heavy (non-hydrogen) atoms. The van der Waals surface area contributed by atoms with Crippen molar-refractivity contribution in [3.8, 4) is 6.08 Å². The highest BCUT2D eigenvalue weighted by Gasteiger charge is 2.25. The van der Waals surface area contributed by atoms with Gasteiger partial charge >= 0.3 is 6.08 Å². The first-order valence-corrected chi connectivity index (χ1v) is 9.02. The van der Waals surface area contributed by atoms with Gasteiger partial charge in [0.25, 0.3) is 5.91 Å². The van der Waals surface area contributed by atoms with E-state index in [1.807, 2.05) is 18.7 Å². The number of oxazole rings is 1. The van der Waals surface area contributed by atoms with Crippen molar-refractivity contribution >= 4 is 28.6 Å². The van der Waals surface area contributed by atoms with E-state index in [1.165, 1.54) is 6.42 Å². The lowest BCUT2D eigenvalue weighted by atomic mass is 9.93. The smallest absolute Gasteiger partial charge is 0.395 e. The summed E-state index contributed by atoms with van der Waals surface area (Å²) in [6.07, 6.45) is 5.36. The molecule has 0 saturated carbocycles. The van der Waals surface area contributed by atoms with Gasteiger partial charge in [-0.05, 0) is 57.2 Å². The van der Waals surface area contributed by atoms with Crippen LogP contribution in [0, 0.1) is 5.92 Å². The molecule has 1 aliphatic carbocycles. The Morgan fingerprint density at radius 1 is 1.48 bits per heavy atom. The van der Waals surface area contributed by atoms with Gasteiger partial charge in [0.15, 0.2) is 12.2 Å². The molecule has 1 aromatic heterocycles. The number of aromatic nitrogens is 1. The van der Waals surface area contributed by atoms with Crippen molar-refractivity contribution in [2.75, 3.05) is 6.61 Å². The maximum Gasteiger partial charge on any atom is 0.395 e. The molecule has 0 saturated heterocycles. The second-order valence-corrected chi connectivity index (χ2v) is 7.26. The highest BCUT2D eigenvalue weighted by atomic mass is 35.5. The number of benzene rings is 1. The fourth-order valence-corrected chi connectivity index (χ4v) is 3.35. The molecule has 1 aromatic carbocycles. The Morgan fingerprint density at radius 3 is 3.00 bits per heavy atom. The zero-order chi connectivity index (χ0) is 18.0. The van der Waals surface area contributed by atoms with Crippen LogP contribution in [-0.4, -0.2) is 28.4 Å². The molecule has 1 amide bonds. The average molecular weight is 363 g/mol. The van der Waals surface area contributed by atoms with E-state index in [0.29, 0.717) is 22.0 Å². The number of carbonyl (C=O) groups is 1. The lowest BCUT2D eigenvalue weighted by molar-refractivity contribution is -0.133. The quantitative estimate of drug-likeness (QED) is 0.766. The molecule has 0 bridgehead atoms. The molecule has 1 aliphatic rings. The topological polar surface area (TPSA) is 55.6 Å². The van der Waals surface area contributed by atoms with Crippen LogP contribution < -0.4 is 4.74 Å². The first-order chi connectivity index (χ1) is 11.9. The predicted octanol–water partition coefficient (Wildman–Crippen LogP) is 4.80. The SMILES string of the molecule is CC1CCC=C(N(C(=O)COc2nc3cc(Cl)ccc3o2)C(C)C)C1. The molecule has 0 N–H and O–H groups in total. The third kappa shape index (κ3) is 4.15. The largest absolute Gasteiger partial charge is 0.440 e. The van der Waals surface area contributed by atoms with Crippen LogP contribution in [0.1, 0.15) is 40.0 Å². The van der Waals surface area contributed by atoms with E-state index >= 15 is 0 Å². The summed E-state index contributed by atoms with van der Waals surface area (Å²) in [5.41, 5.74) is 2.28. The van der Waals surface area contributed by atoms with Gasteiger partial charge in [-0.25, -0.2) is 0 Å². The highest BCUT2D eigenvalue weighted by Crippen LogP contribution is 2.28. The maximum atomic E-state index is 12.7. The maximum absolute atomic E-state index is 12.7. The second-order valence-electron chi connectivity index (χ2n) is 6.82. The first kappa shape index (κ1) is 17.8. The third-order valence-electron chi connectivity index (χ3n) is 4.34. The number of fused-ring (bicyclic) bond motifs is 1. The van der Waals surface area contributed by atoms with Crippen LogP contribution in [0.15, 0.2) is 34.4 Å². The molecular weight excluding hydrogens is 340 g/mol. The van der Waals surface area contributed by atoms with Crippen molar-refractivity contribution in [1.29, 1.82) is 0 Å². The van der Waals surface area contributed by atoms with Crippen LogP contribution in [0.5, 0.6) is 6.08 Å². The number of carbonyl (C=O) groups excluding carboxylic acids is 1. The summed E-state index contributed by atoms with van der Waals surface area (Å²) in [4.78, 5) is 18.7. The van der Waals surface area contributed by atoms with E-state index in [2.05, 4.69) is 18.0 Å². The second kappa shape index (κ2) is 7.48. The van der Waals surface area contributed by atoms with Gasteiger partial charge in [0.2, 0.25) is 0 Å². The van der Waals surface area contributed by atoms with Crippen LogP contribution in [0.3, 0.4) is 0 Å². The Balaban J connectivity index is 1.69. The molecule has 1 heterocycles. The van der Waals surface area contributed by atoms with Crippen molar-refractivity contribution in [2.24, 2.45) is 5.92 Å². The normalized spacial score (nSPS) is 17.6. The van der Waals surface area contributed by atoms with Gasteiger partial charge in [-0.1, -0.05) is 24.6 Å². The summed E-state index contributed by atoms with van der Waals surface area (Å²) in [5.74, 6) is 0.507. The van der Waals surface area contributed by atoms with Gasteiger partial charge in [-0.2, -0.15) is 4.98 Å². The number of ether oxygens (including phenoxy) is 1. The Hall–Kier alpha value is -2.01. The third-order valence-corrected chi connectivity index (χ3v) is 4.58. The van der Waals surface area contributed by atoms with Crippen molar-refractivity contribution in [2.45, 2.75) is 46.1 Å². The van der Waals surface area contributed by atoms with E-state index in [0.717, 1.165) is 18.5 Å². The zero-order valence-electron chi connectivity index (χ0n) is 14.8. The molecule has 0 radical (unpaired) electrons. The lowest BCUT2D eigenvalue weighted by Crippen LogP contribution is -2.40. The minimum absolute atomic E-state index is 0.0788. The Bertz CT molecular complexity index is 797. The van der Waals surface area contributed by atoms with Crippen LogP contribution in [0.25, 0.3) is 11.1 Å². The van der Waals surface area contributed by atoms with Crippen LogP contribution in [0.2, 0.25) is 5.02 Å². The van der Waals surface area contributed by atoms with E-state index in [4.69, 9.17) is 20.8 Å². The summed E-state index contributed by atoms with van der Waals surface area (Å²) >= 11 is 5.94. The van der Waals surface area contributed by atoms with Crippen molar-refractivity contribution < 1.29 is 13.9 Å². The molecule has 6 heteroatoms. The van der Waals surface area contributed by atoms with E-state index in [9.17, 15) is 4.79 Å². The summed E-state index contributed by atoms with van der Waals surface area (Å²) in [7, 11) is 0. The van der Waals surface area contributed by atoms with Gasteiger partial charge in [-0.15, -0.1) is 0 Å². The lowest BCUT2D eigenvalue weighted by Gasteiger charge is -2.32. The molecule has 134 valence electrons. The van der Waals surface area contributed by atoms with Gasteiger partial charge in [0.05, 0.1) is 0 Å². The fraction of sp³-hybridized carbons (Fsp3) is 0.474. The van der Waals surface area contributed by atoms with Crippen molar-refractivity contribution in [3.63, 3.8) is 0 Å². The molecular formula is C19H23ClN2O3. The minimum atomic E-state index is -0.107. The first-order valence-electron chi connectivity index (χ1n) is 8.64. The van der Waals surface area contributed by atoms with Gasteiger partial charge in [-0.3, -0.25) is 4.79 Å². The van der Waals surface area contributed by atoms with E-state index in [1.54, 1.807) is 18.2 Å². The van der Waals surface area contributed by atoms with Crippen molar-refractivity contribution in [1.82, 2.24) is 9.88 Å².